The van der Waals surface area contributed by atoms with E-state index in [9.17, 15) is 24.0 Å². The standard InChI is InChI=1S/C14H14N4O.C6H8O7.C3H7NO2/c1-7-4-5-10-9(6-7)13-11(12(17-10)14(15)19)16-8(2)18(13)3;7-3(8)1-6(13,5(11)12)2-4(9)10;1-4-2-3(5)6/h4-6H,1-3H3,(H2,15,19);13H,1-2H2,(H,7,8)(H,9,10)(H,11,12);4H,2H2,1H3,(H,5,6). The average molecular weight is 536 g/mol. The summed E-state index contributed by atoms with van der Waals surface area (Å²) >= 11 is 0. The van der Waals surface area contributed by atoms with Gasteiger partial charge in [0.15, 0.2) is 11.3 Å². The molecular formula is C23H29N5O10. The van der Waals surface area contributed by atoms with E-state index in [1.165, 1.54) is 0 Å². The molecule has 1 aromatic carbocycles. The smallest absolute Gasteiger partial charge is 0.336 e. The quantitative estimate of drug-likeness (QED) is 0.199. The van der Waals surface area contributed by atoms with Gasteiger partial charge in [0.1, 0.15) is 11.3 Å². The summed E-state index contributed by atoms with van der Waals surface area (Å²) < 4.78 is 1.96. The summed E-state index contributed by atoms with van der Waals surface area (Å²) in [5.74, 6) is -5.56. The van der Waals surface area contributed by atoms with E-state index in [1.54, 1.807) is 7.05 Å². The van der Waals surface area contributed by atoms with Gasteiger partial charge < -0.3 is 41.2 Å². The van der Waals surface area contributed by atoms with E-state index in [4.69, 9.17) is 31.3 Å². The molecule has 2 aromatic heterocycles. The van der Waals surface area contributed by atoms with Crippen LogP contribution in [0.4, 0.5) is 0 Å². The monoisotopic (exact) mass is 535 g/mol. The molecule has 0 saturated carbocycles. The number of fused-ring (bicyclic) bond motifs is 3. The number of aromatic nitrogens is 3. The molecule has 0 radical (unpaired) electrons. The highest BCUT2D eigenvalue weighted by Crippen LogP contribution is 2.27. The molecular weight excluding hydrogens is 506 g/mol. The Labute approximate surface area is 215 Å². The molecule has 0 spiro atoms. The molecule has 0 aliphatic heterocycles. The van der Waals surface area contributed by atoms with E-state index in [-0.39, 0.29) is 12.2 Å². The summed E-state index contributed by atoms with van der Waals surface area (Å²) in [4.78, 5) is 60.3. The van der Waals surface area contributed by atoms with E-state index in [0.29, 0.717) is 5.52 Å². The predicted octanol–water partition coefficient (Wildman–Crippen LogP) is -0.121. The summed E-state index contributed by atoms with van der Waals surface area (Å²) in [5, 5.41) is 45.1. The molecule has 3 rings (SSSR count). The molecule has 0 bridgehead atoms. The van der Waals surface area contributed by atoms with Gasteiger partial charge in [-0.3, -0.25) is 19.2 Å². The molecule has 0 unspecified atom stereocenters. The topological polar surface area (TPSA) is 255 Å². The van der Waals surface area contributed by atoms with Crippen molar-refractivity contribution in [2.45, 2.75) is 32.3 Å². The van der Waals surface area contributed by atoms with E-state index in [0.717, 1.165) is 27.8 Å². The largest absolute Gasteiger partial charge is 0.481 e. The maximum atomic E-state index is 11.6. The molecule has 0 aliphatic rings. The zero-order valence-electron chi connectivity index (χ0n) is 21.0. The number of carbonyl (C=O) groups is 5. The van der Waals surface area contributed by atoms with Gasteiger partial charge in [-0.05, 0) is 33.0 Å². The second-order valence-electron chi connectivity index (χ2n) is 8.16. The number of pyridine rings is 1. The van der Waals surface area contributed by atoms with Crippen LogP contribution >= 0.6 is 0 Å². The number of hydrogen-bond acceptors (Lipinski definition) is 9. The first-order valence-corrected chi connectivity index (χ1v) is 10.8. The summed E-state index contributed by atoms with van der Waals surface area (Å²) in [5.41, 5.74) is 6.28. The van der Waals surface area contributed by atoms with Gasteiger partial charge in [0, 0.05) is 12.4 Å². The number of aliphatic hydroxyl groups is 1. The molecule has 0 fully saturated rings. The minimum atomic E-state index is -2.74. The number of benzene rings is 1. The zero-order valence-corrected chi connectivity index (χ0v) is 21.0. The van der Waals surface area contributed by atoms with Crippen molar-refractivity contribution in [1.29, 1.82) is 0 Å². The molecule has 15 heteroatoms. The number of carbonyl (C=O) groups excluding carboxylic acids is 1. The van der Waals surface area contributed by atoms with Crippen molar-refractivity contribution < 1.29 is 49.5 Å². The lowest BCUT2D eigenvalue weighted by Gasteiger charge is -2.18. The number of imidazole rings is 1. The maximum absolute atomic E-state index is 11.6. The first-order chi connectivity index (χ1) is 17.5. The Morgan fingerprint density at radius 2 is 1.53 bits per heavy atom. The first-order valence-electron chi connectivity index (χ1n) is 10.8. The van der Waals surface area contributed by atoms with Crippen LogP contribution in [0, 0.1) is 13.8 Å². The predicted molar refractivity (Wildman–Crippen MR) is 133 cm³/mol. The van der Waals surface area contributed by atoms with Crippen molar-refractivity contribution in [1.82, 2.24) is 19.9 Å². The minimum Gasteiger partial charge on any atom is -0.481 e. The summed E-state index contributed by atoms with van der Waals surface area (Å²) in [6.07, 6.45) is -2.29. The minimum absolute atomic E-state index is 0.0417. The first kappa shape index (κ1) is 31.4. The number of primary amides is 1. The highest BCUT2D eigenvalue weighted by molar-refractivity contribution is 6.11. The van der Waals surface area contributed by atoms with Crippen molar-refractivity contribution in [2.75, 3.05) is 13.6 Å². The van der Waals surface area contributed by atoms with Crippen molar-refractivity contribution in [2.24, 2.45) is 12.8 Å². The lowest BCUT2D eigenvalue weighted by atomic mass is 9.96. The Kier molecular flexibility index (Phi) is 10.8. The van der Waals surface area contributed by atoms with E-state index < -0.39 is 48.2 Å². The molecule has 3 aromatic rings. The van der Waals surface area contributed by atoms with Crippen molar-refractivity contribution in [3.05, 3.63) is 35.3 Å². The van der Waals surface area contributed by atoms with Crippen molar-refractivity contribution in [3.8, 4) is 0 Å². The van der Waals surface area contributed by atoms with Gasteiger partial charge in [-0.25, -0.2) is 14.8 Å². The number of nitrogens with two attached hydrogens (primary N) is 1. The fraction of sp³-hybridized carbons (Fsp3) is 0.348. The molecule has 0 aliphatic carbocycles. The van der Waals surface area contributed by atoms with Crippen LogP contribution in [0.3, 0.4) is 0 Å². The Balaban J connectivity index is 0.000000331. The molecule has 1 amide bonds. The third-order valence-corrected chi connectivity index (χ3v) is 5.03. The van der Waals surface area contributed by atoms with Crippen LogP contribution in [0.25, 0.3) is 21.9 Å². The number of likely N-dealkylation sites (N-methyl/N-ethyl adjacent to an activating group) is 1. The van der Waals surface area contributed by atoms with E-state index in [1.807, 2.05) is 37.6 Å². The Morgan fingerprint density at radius 3 is 1.92 bits per heavy atom. The Morgan fingerprint density at radius 1 is 0.974 bits per heavy atom. The van der Waals surface area contributed by atoms with Crippen LogP contribution in [0.2, 0.25) is 0 Å². The molecule has 2 heterocycles. The summed E-state index contributed by atoms with van der Waals surface area (Å²) in [7, 11) is 3.52. The highest BCUT2D eigenvalue weighted by atomic mass is 16.4. The van der Waals surface area contributed by atoms with E-state index in [2.05, 4.69) is 21.4 Å². The van der Waals surface area contributed by atoms with Gasteiger partial charge >= 0.3 is 23.9 Å². The van der Waals surface area contributed by atoms with E-state index >= 15 is 0 Å². The zero-order chi connectivity index (χ0) is 29.4. The number of nitrogens with zero attached hydrogens (tertiary/aromatic N) is 3. The number of carboxylic acid groups (broad SMARTS) is 4. The highest BCUT2D eigenvalue weighted by Gasteiger charge is 2.40. The van der Waals surface area contributed by atoms with Crippen LogP contribution in [0.1, 0.15) is 34.7 Å². The van der Waals surface area contributed by atoms with Gasteiger partial charge in [0.25, 0.3) is 5.91 Å². The lowest BCUT2D eigenvalue weighted by Crippen LogP contribution is -2.42. The molecule has 0 saturated heterocycles. The summed E-state index contributed by atoms with van der Waals surface area (Å²) in [6, 6.07) is 5.92. The fourth-order valence-corrected chi connectivity index (χ4v) is 3.23. The molecule has 15 nitrogen and oxygen atoms in total. The summed E-state index contributed by atoms with van der Waals surface area (Å²) in [6.45, 7) is 3.96. The number of amides is 1. The fourth-order valence-electron chi connectivity index (χ4n) is 3.23. The Bertz CT molecular complexity index is 1370. The normalized spacial score (nSPS) is 10.7. The van der Waals surface area contributed by atoms with Crippen LogP contribution in [-0.2, 0) is 26.2 Å². The molecule has 8 N–H and O–H groups in total. The van der Waals surface area contributed by atoms with Crippen LogP contribution in [0.5, 0.6) is 0 Å². The lowest BCUT2D eigenvalue weighted by molar-refractivity contribution is -0.170. The van der Waals surface area contributed by atoms with Crippen LogP contribution < -0.4 is 11.1 Å². The number of hydrogen-bond donors (Lipinski definition) is 7. The third kappa shape index (κ3) is 8.21. The van der Waals surface area contributed by atoms with Gasteiger partial charge in [-0.1, -0.05) is 11.6 Å². The number of rotatable bonds is 8. The second kappa shape index (κ2) is 13.1. The van der Waals surface area contributed by atoms with Crippen LogP contribution in [0.15, 0.2) is 18.2 Å². The molecule has 0 atom stereocenters. The molecule has 206 valence electrons. The van der Waals surface area contributed by atoms with Gasteiger partial charge in [-0.15, -0.1) is 0 Å². The number of aryl methyl sites for hydroxylation is 3. The van der Waals surface area contributed by atoms with Gasteiger partial charge in [0.05, 0.1) is 30.4 Å². The third-order valence-electron chi connectivity index (χ3n) is 5.03. The van der Waals surface area contributed by atoms with Crippen molar-refractivity contribution in [3.63, 3.8) is 0 Å². The number of carboxylic acids is 4. The van der Waals surface area contributed by atoms with Gasteiger partial charge in [-0.2, -0.15) is 0 Å². The SMILES string of the molecule is CNCC(=O)O.Cc1ccc2nc(C(N)=O)c3nc(C)n(C)c3c2c1.O=C(O)CC(O)(CC(=O)O)C(=O)O. The maximum Gasteiger partial charge on any atom is 0.336 e. The number of nitrogens with one attached hydrogen (secondary N) is 1. The average Bonchev–Trinajstić information content (AvgIpc) is 3.07. The Hall–Kier alpha value is -4.63. The second-order valence-corrected chi connectivity index (χ2v) is 8.16. The molecule has 38 heavy (non-hydrogen) atoms. The van der Waals surface area contributed by atoms with Gasteiger partial charge in [0.2, 0.25) is 0 Å². The van der Waals surface area contributed by atoms with Crippen LogP contribution in [-0.4, -0.2) is 89.0 Å². The van der Waals surface area contributed by atoms with Crippen molar-refractivity contribution >= 4 is 51.7 Å². The number of aliphatic carboxylic acids is 4.